The van der Waals surface area contributed by atoms with Crippen LogP contribution in [0.2, 0.25) is 0 Å². The van der Waals surface area contributed by atoms with Gasteiger partial charge in [-0.2, -0.15) is 0 Å². The zero-order chi connectivity index (χ0) is 15.2. The second-order valence-corrected chi connectivity index (χ2v) is 5.64. The Morgan fingerprint density at radius 1 is 1.33 bits per heavy atom. The minimum Gasteiger partial charge on any atom is -0.480 e. The van der Waals surface area contributed by atoms with Crippen LogP contribution in [0.5, 0.6) is 0 Å². The van der Waals surface area contributed by atoms with Crippen LogP contribution in [0.25, 0.3) is 0 Å². The van der Waals surface area contributed by atoms with E-state index in [9.17, 15) is 4.79 Å². The number of carboxylic acids is 1. The molecule has 1 unspecified atom stereocenters. The van der Waals surface area contributed by atoms with E-state index in [1.54, 1.807) is 7.05 Å². The van der Waals surface area contributed by atoms with Gasteiger partial charge in [-0.05, 0) is 38.1 Å². The number of hydrogen-bond donors (Lipinski definition) is 2. The number of hydrogen-bond acceptors (Lipinski definition) is 4. The predicted molar refractivity (Wildman–Crippen MR) is 84.9 cm³/mol. The van der Waals surface area contributed by atoms with Crippen LogP contribution in [0.4, 0.5) is 5.69 Å². The molecule has 5 heteroatoms. The Bertz CT molecular complexity index is 470. The summed E-state index contributed by atoms with van der Waals surface area (Å²) in [7, 11) is 1.70. The number of aliphatic carboxylic acids is 1. The summed E-state index contributed by atoms with van der Waals surface area (Å²) in [6.45, 7) is 6.93. The van der Waals surface area contributed by atoms with E-state index >= 15 is 0 Å². The van der Waals surface area contributed by atoms with E-state index in [4.69, 9.17) is 5.11 Å². The summed E-state index contributed by atoms with van der Waals surface area (Å²) in [4.78, 5) is 15.7. The summed E-state index contributed by atoms with van der Waals surface area (Å²) in [5.41, 5.74) is 2.57. The SMILES string of the molecule is CNC(CCN1CCN(c2cccc(C)c2)CC1)C(=O)O. The Morgan fingerprint density at radius 3 is 2.62 bits per heavy atom. The molecule has 1 atom stereocenters. The molecule has 0 spiro atoms. The van der Waals surface area contributed by atoms with E-state index in [1.807, 2.05) is 0 Å². The number of nitrogens with zero attached hydrogens (tertiary/aromatic N) is 2. The van der Waals surface area contributed by atoms with Crippen LogP contribution >= 0.6 is 0 Å². The molecule has 0 amide bonds. The molecule has 1 saturated heterocycles. The van der Waals surface area contributed by atoms with Crippen LogP contribution in [-0.4, -0.2) is 61.8 Å². The molecule has 0 radical (unpaired) electrons. The average Bonchev–Trinajstić information content (AvgIpc) is 2.48. The Balaban J connectivity index is 1.79. The minimum absolute atomic E-state index is 0.445. The van der Waals surface area contributed by atoms with Crippen LogP contribution in [0.1, 0.15) is 12.0 Å². The van der Waals surface area contributed by atoms with Gasteiger partial charge in [0.05, 0.1) is 0 Å². The summed E-state index contributed by atoms with van der Waals surface area (Å²) in [5, 5.41) is 11.9. The van der Waals surface area contributed by atoms with Gasteiger partial charge in [0.15, 0.2) is 0 Å². The summed E-state index contributed by atoms with van der Waals surface area (Å²) < 4.78 is 0. The Morgan fingerprint density at radius 2 is 2.05 bits per heavy atom. The maximum absolute atomic E-state index is 11.0. The first-order valence-corrected chi connectivity index (χ1v) is 7.54. The highest BCUT2D eigenvalue weighted by Crippen LogP contribution is 2.17. The van der Waals surface area contributed by atoms with Gasteiger partial charge in [-0.15, -0.1) is 0 Å². The minimum atomic E-state index is -0.768. The third-order valence-corrected chi connectivity index (χ3v) is 4.12. The number of anilines is 1. The Kier molecular flexibility index (Phi) is 5.59. The van der Waals surface area contributed by atoms with Crippen molar-refractivity contribution in [3.05, 3.63) is 29.8 Å². The highest BCUT2D eigenvalue weighted by molar-refractivity contribution is 5.73. The van der Waals surface area contributed by atoms with Gasteiger partial charge in [0.1, 0.15) is 6.04 Å². The second-order valence-electron chi connectivity index (χ2n) is 5.64. The van der Waals surface area contributed by atoms with Crippen LogP contribution in [-0.2, 0) is 4.79 Å². The first kappa shape index (κ1) is 15.8. The van der Waals surface area contributed by atoms with Crippen molar-refractivity contribution in [3.8, 4) is 0 Å². The van der Waals surface area contributed by atoms with Gasteiger partial charge < -0.3 is 15.3 Å². The molecule has 0 saturated carbocycles. The largest absolute Gasteiger partial charge is 0.480 e. The lowest BCUT2D eigenvalue weighted by Gasteiger charge is -2.36. The van der Waals surface area contributed by atoms with Crippen LogP contribution in [0.15, 0.2) is 24.3 Å². The topological polar surface area (TPSA) is 55.8 Å². The number of benzene rings is 1. The average molecular weight is 291 g/mol. The van der Waals surface area contributed by atoms with E-state index in [1.165, 1.54) is 11.3 Å². The molecule has 5 nitrogen and oxygen atoms in total. The third kappa shape index (κ3) is 4.44. The van der Waals surface area contributed by atoms with Crippen molar-refractivity contribution in [2.45, 2.75) is 19.4 Å². The molecule has 0 bridgehead atoms. The standard InChI is InChI=1S/C16H25N3O2/c1-13-4-3-5-14(12-13)19-10-8-18(9-11-19)7-6-15(17-2)16(20)21/h3-5,12,15,17H,6-11H2,1-2H3,(H,20,21). The van der Waals surface area contributed by atoms with Crippen LogP contribution < -0.4 is 10.2 Å². The first-order chi connectivity index (χ1) is 10.1. The maximum Gasteiger partial charge on any atom is 0.320 e. The molecule has 1 aromatic rings. The summed E-state index contributed by atoms with van der Waals surface area (Å²) >= 11 is 0. The fourth-order valence-corrected chi connectivity index (χ4v) is 2.76. The predicted octanol–water partition coefficient (Wildman–Crippen LogP) is 1.18. The first-order valence-electron chi connectivity index (χ1n) is 7.54. The number of piperazine rings is 1. The molecule has 1 aromatic carbocycles. The molecular formula is C16H25N3O2. The van der Waals surface area contributed by atoms with Gasteiger partial charge in [-0.25, -0.2) is 0 Å². The lowest BCUT2D eigenvalue weighted by Crippen LogP contribution is -2.48. The normalized spacial score (nSPS) is 17.7. The zero-order valence-electron chi connectivity index (χ0n) is 12.9. The third-order valence-electron chi connectivity index (χ3n) is 4.12. The smallest absolute Gasteiger partial charge is 0.320 e. The highest BCUT2D eigenvalue weighted by Gasteiger charge is 2.20. The number of carbonyl (C=O) groups is 1. The summed E-state index contributed by atoms with van der Waals surface area (Å²) in [5.74, 6) is -0.768. The van der Waals surface area contributed by atoms with E-state index in [2.05, 4.69) is 46.3 Å². The molecule has 2 rings (SSSR count). The van der Waals surface area contributed by atoms with Gasteiger partial charge >= 0.3 is 5.97 Å². The van der Waals surface area contributed by atoms with Crippen molar-refractivity contribution >= 4 is 11.7 Å². The summed E-state index contributed by atoms with van der Waals surface area (Å²) in [6.07, 6.45) is 0.649. The maximum atomic E-state index is 11.0. The Labute approximate surface area is 126 Å². The van der Waals surface area contributed by atoms with Crippen LogP contribution in [0, 0.1) is 6.92 Å². The molecule has 1 fully saturated rings. The van der Waals surface area contributed by atoms with E-state index in [0.29, 0.717) is 6.42 Å². The van der Waals surface area contributed by atoms with Crippen LogP contribution in [0.3, 0.4) is 0 Å². The van der Waals surface area contributed by atoms with Gasteiger partial charge in [0.2, 0.25) is 0 Å². The van der Waals surface area contributed by atoms with E-state index in [0.717, 1.165) is 32.7 Å². The molecule has 2 N–H and O–H groups in total. The van der Waals surface area contributed by atoms with Gasteiger partial charge in [-0.3, -0.25) is 9.69 Å². The molecule has 116 valence electrons. The molecule has 1 aliphatic rings. The van der Waals surface area contributed by atoms with Gasteiger partial charge in [0, 0.05) is 38.4 Å². The molecule has 1 aliphatic heterocycles. The van der Waals surface area contributed by atoms with E-state index in [-0.39, 0.29) is 0 Å². The second kappa shape index (κ2) is 7.43. The number of aryl methyl sites for hydroxylation is 1. The quantitative estimate of drug-likeness (QED) is 0.824. The lowest BCUT2D eigenvalue weighted by molar-refractivity contribution is -0.139. The zero-order valence-corrected chi connectivity index (χ0v) is 12.9. The number of carboxylic acid groups (broad SMARTS) is 1. The van der Waals surface area contributed by atoms with Gasteiger partial charge in [0.25, 0.3) is 0 Å². The summed E-state index contributed by atoms with van der Waals surface area (Å²) in [6, 6.07) is 8.14. The molecule has 1 heterocycles. The molecular weight excluding hydrogens is 266 g/mol. The number of nitrogens with one attached hydrogen (secondary N) is 1. The monoisotopic (exact) mass is 291 g/mol. The fraction of sp³-hybridized carbons (Fsp3) is 0.562. The lowest BCUT2D eigenvalue weighted by atomic mass is 10.1. The highest BCUT2D eigenvalue weighted by atomic mass is 16.4. The van der Waals surface area contributed by atoms with E-state index < -0.39 is 12.0 Å². The Hall–Kier alpha value is -1.59. The number of rotatable bonds is 6. The van der Waals surface area contributed by atoms with Crippen molar-refractivity contribution in [3.63, 3.8) is 0 Å². The van der Waals surface area contributed by atoms with Crippen molar-refractivity contribution in [1.29, 1.82) is 0 Å². The van der Waals surface area contributed by atoms with Crippen molar-refractivity contribution in [1.82, 2.24) is 10.2 Å². The molecule has 0 aromatic heterocycles. The fourth-order valence-electron chi connectivity index (χ4n) is 2.76. The molecule has 21 heavy (non-hydrogen) atoms. The molecule has 0 aliphatic carbocycles. The van der Waals surface area contributed by atoms with Gasteiger partial charge in [-0.1, -0.05) is 12.1 Å². The van der Waals surface area contributed by atoms with Crippen molar-refractivity contribution in [2.75, 3.05) is 44.7 Å². The van der Waals surface area contributed by atoms with Crippen molar-refractivity contribution in [2.24, 2.45) is 0 Å². The number of likely N-dealkylation sites (N-methyl/N-ethyl adjacent to an activating group) is 1. The van der Waals surface area contributed by atoms with Crippen molar-refractivity contribution < 1.29 is 9.90 Å².